The van der Waals surface area contributed by atoms with Crippen molar-refractivity contribution in [1.82, 2.24) is 0 Å². The minimum absolute atomic E-state index is 0.151. The van der Waals surface area contributed by atoms with Gasteiger partial charge < -0.3 is 9.84 Å². The Balaban J connectivity index is 1.92. The molecule has 1 aromatic carbocycles. The molecule has 2 saturated carbocycles. The van der Waals surface area contributed by atoms with Gasteiger partial charge in [-0.3, -0.25) is 0 Å². The van der Waals surface area contributed by atoms with Gasteiger partial charge in [-0.15, -0.1) is 0 Å². The summed E-state index contributed by atoms with van der Waals surface area (Å²) in [5.74, 6) is 1.62. The first-order valence-electron chi connectivity index (χ1n) is 8.28. The smallest absolute Gasteiger partial charge is 0.124 e. The van der Waals surface area contributed by atoms with Gasteiger partial charge in [-0.05, 0) is 55.7 Å². The number of fused-ring (bicyclic) bond motifs is 2. The first-order valence-corrected chi connectivity index (χ1v) is 8.28. The molecule has 124 valence electrons. The molecule has 2 bridgehead atoms. The summed E-state index contributed by atoms with van der Waals surface area (Å²) in [5.41, 5.74) is 3.03. The van der Waals surface area contributed by atoms with E-state index in [0.29, 0.717) is 28.4 Å². The van der Waals surface area contributed by atoms with Gasteiger partial charge in [0.1, 0.15) is 11.5 Å². The molecule has 0 amide bonds. The van der Waals surface area contributed by atoms with Crippen molar-refractivity contribution in [3.8, 4) is 11.5 Å². The fraction of sp³-hybridized carbons (Fsp3) is 0.579. The molecule has 0 heterocycles. The molecule has 0 aliphatic heterocycles. The maximum Gasteiger partial charge on any atom is 0.124 e. The lowest BCUT2D eigenvalue weighted by Gasteiger charge is -2.34. The van der Waals surface area contributed by atoms with Crippen LogP contribution in [0.4, 0.5) is 0 Å². The number of phenolic OH excluding ortho intramolecular Hbond substituents is 1. The summed E-state index contributed by atoms with van der Waals surface area (Å²) in [6.07, 6.45) is 3.54. The molecule has 2 aliphatic rings. The maximum absolute atomic E-state index is 10.0. The van der Waals surface area contributed by atoms with Crippen molar-refractivity contribution in [1.29, 1.82) is 0 Å². The number of phenols is 1. The third-order valence-corrected chi connectivity index (χ3v) is 6.43. The molecular formula is C19H26N2O2. The summed E-state index contributed by atoms with van der Waals surface area (Å²) >= 11 is 0. The molecular weight excluding hydrogens is 288 g/mol. The fourth-order valence-electron chi connectivity index (χ4n) is 4.20. The summed E-state index contributed by atoms with van der Waals surface area (Å²) in [6.45, 7) is 8.92. The van der Waals surface area contributed by atoms with Gasteiger partial charge in [0.2, 0.25) is 0 Å². The van der Waals surface area contributed by atoms with Gasteiger partial charge >= 0.3 is 0 Å². The van der Waals surface area contributed by atoms with Crippen LogP contribution in [0.2, 0.25) is 0 Å². The zero-order chi connectivity index (χ0) is 16.8. The van der Waals surface area contributed by atoms with Crippen molar-refractivity contribution in [2.45, 2.75) is 47.0 Å². The quantitative estimate of drug-likeness (QED) is 0.663. The summed E-state index contributed by atoms with van der Waals surface area (Å²) in [7, 11) is 1.61. The Hall–Kier alpha value is -1.84. The highest BCUT2D eigenvalue weighted by Gasteiger charge is 2.59. The van der Waals surface area contributed by atoms with Crippen LogP contribution >= 0.6 is 0 Å². The van der Waals surface area contributed by atoms with Crippen LogP contribution < -0.4 is 4.74 Å². The number of nitrogens with zero attached hydrogens (tertiary/aromatic N) is 2. The average molecular weight is 314 g/mol. The van der Waals surface area contributed by atoms with Crippen LogP contribution in [0.1, 0.15) is 52.5 Å². The topological polar surface area (TPSA) is 54.2 Å². The van der Waals surface area contributed by atoms with Crippen LogP contribution in [-0.4, -0.2) is 23.6 Å². The molecule has 0 unspecified atom stereocenters. The van der Waals surface area contributed by atoms with E-state index in [1.165, 1.54) is 18.6 Å². The van der Waals surface area contributed by atoms with Crippen molar-refractivity contribution in [2.75, 3.05) is 7.11 Å². The standard InChI is InChI=1S/C19H26N2O2/c1-12(15-11-14(23-5)6-7-16(15)22)20-21-17-10-13-8-9-19(17,4)18(13,2)3/h6-7,11,13,22H,8-10H2,1-5H3/b20-12+,21-17-/t13-,19+/m0/s1. The van der Waals surface area contributed by atoms with Gasteiger partial charge in [0, 0.05) is 16.7 Å². The molecule has 0 spiro atoms. The van der Waals surface area contributed by atoms with Gasteiger partial charge in [-0.1, -0.05) is 20.8 Å². The minimum Gasteiger partial charge on any atom is -0.507 e. The van der Waals surface area contributed by atoms with Crippen molar-refractivity contribution >= 4 is 11.4 Å². The van der Waals surface area contributed by atoms with Crippen molar-refractivity contribution in [3.63, 3.8) is 0 Å². The number of hydrogen-bond donors (Lipinski definition) is 1. The second-order valence-electron chi connectivity index (χ2n) is 7.61. The minimum atomic E-state index is 0.151. The van der Waals surface area contributed by atoms with Crippen LogP contribution in [0.5, 0.6) is 11.5 Å². The largest absolute Gasteiger partial charge is 0.507 e. The number of ether oxygens (including phenoxy) is 1. The third-order valence-electron chi connectivity index (χ3n) is 6.43. The third kappa shape index (κ3) is 2.35. The Morgan fingerprint density at radius 2 is 2.04 bits per heavy atom. The van der Waals surface area contributed by atoms with Gasteiger partial charge in [0.25, 0.3) is 0 Å². The van der Waals surface area contributed by atoms with Crippen molar-refractivity contribution in [2.24, 2.45) is 27.0 Å². The van der Waals surface area contributed by atoms with Crippen molar-refractivity contribution in [3.05, 3.63) is 23.8 Å². The molecule has 0 radical (unpaired) electrons. The summed E-state index contributed by atoms with van der Waals surface area (Å²) < 4.78 is 5.22. The first-order chi connectivity index (χ1) is 10.8. The lowest BCUT2D eigenvalue weighted by molar-refractivity contribution is 0.194. The molecule has 0 aromatic heterocycles. The molecule has 4 heteroatoms. The van der Waals surface area contributed by atoms with Gasteiger partial charge in [-0.25, -0.2) is 0 Å². The van der Waals surface area contributed by atoms with Crippen LogP contribution in [0.25, 0.3) is 0 Å². The molecule has 2 atom stereocenters. The van der Waals surface area contributed by atoms with Crippen LogP contribution in [0, 0.1) is 16.7 Å². The van der Waals surface area contributed by atoms with E-state index in [9.17, 15) is 5.11 Å². The predicted octanol–water partition coefficient (Wildman–Crippen LogP) is 4.41. The van der Waals surface area contributed by atoms with Gasteiger partial charge in [0.05, 0.1) is 12.8 Å². The molecule has 1 aromatic rings. The molecule has 1 N–H and O–H groups in total. The number of methoxy groups -OCH3 is 1. The highest BCUT2D eigenvalue weighted by Crippen LogP contribution is 2.64. The number of rotatable bonds is 3. The zero-order valence-corrected chi connectivity index (χ0v) is 14.7. The van der Waals surface area contributed by atoms with E-state index >= 15 is 0 Å². The van der Waals surface area contributed by atoms with Crippen LogP contribution in [0.15, 0.2) is 28.4 Å². The van der Waals surface area contributed by atoms with E-state index in [1.807, 2.05) is 6.92 Å². The number of aromatic hydroxyl groups is 1. The van der Waals surface area contributed by atoms with Crippen LogP contribution in [-0.2, 0) is 0 Å². The Kier molecular flexibility index (Phi) is 3.74. The fourth-order valence-corrected chi connectivity index (χ4v) is 4.20. The first kappa shape index (κ1) is 16.0. The molecule has 23 heavy (non-hydrogen) atoms. The highest BCUT2D eigenvalue weighted by atomic mass is 16.5. The number of hydrogen-bond acceptors (Lipinski definition) is 4. The Bertz CT molecular complexity index is 691. The van der Waals surface area contributed by atoms with E-state index in [1.54, 1.807) is 25.3 Å². The monoisotopic (exact) mass is 314 g/mol. The summed E-state index contributed by atoms with van der Waals surface area (Å²) in [4.78, 5) is 0. The van der Waals surface area contributed by atoms with Gasteiger partial charge in [-0.2, -0.15) is 10.2 Å². The number of benzene rings is 1. The highest BCUT2D eigenvalue weighted by molar-refractivity contribution is 6.02. The van der Waals surface area contributed by atoms with E-state index in [4.69, 9.17) is 4.74 Å². The van der Waals surface area contributed by atoms with Crippen LogP contribution in [0.3, 0.4) is 0 Å². The zero-order valence-electron chi connectivity index (χ0n) is 14.7. The summed E-state index contributed by atoms with van der Waals surface area (Å²) in [6, 6.07) is 5.15. The average Bonchev–Trinajstić information content (AvgIpc) is 2.86. The van der Waals surface area contributed by atoms with E-state index in [-0.39, 0.29) is 11.2 Å². The molecule has 4 nitrogen and oxygen atoms in total. The maximum atomic E-state index is 10.0. The molecule has 2 aliphatic carbocycles. The second kappa shape index (κ2) is 5.36. The van der Waals surface area contributed by atoms with Gasteiger partial charge in [0.15, 0.2) is 0 Å². The van der Waals surface area contributed by atoms with E-state index in [0.717, 1.165) is 6.42 Å². The predicted molar refractivity (Wildman–Crippen MR) is 93.5 cm³/mol. The second-order valence-corrected chi connectivity index (χ2v) is 7.61. The lowest BCUT2D eigenvalue weighted by Crippen LogP contribution is -2.32. The summed E-state index contributed by atoms with van der Waals surface area (Å²) in [5, 5.41) is 19.1. The SMILES string of the molecule is COc1ccc(O)c(/C(C)=N/N=C2/C[C@@H]3CC[C@@]2(C)C3(C)C)c1. The lowest BCUT2D eigenvalue weighted by atomic mass is 9.70. The molecule has 2 fully saturated rings. The Morgan fingerprint density at radius 3 is 2.61 bits per heavy atom. The van der Waals surface area contributed by atoms with E-state index in [2.05, 4.69) is 31.0 Å². The molecule has 0 saturated heterocycles. The molecule has 3 rings (SSSR count). The Morgan fingerprint density at radius 1 is 1.30 bits per heavy atom. The Labute approximate surface area is 138 Å². The normalized spacial score (nSPS) is 30.9. The van der Waals surface area contributed by atoms with Crippen molar-refractivity contribution < 1.29 is 9.84 Å². The van der Waals surface area contributed by atoms with E-state index < -0.39 is 0 Å².